The average molecular weight is 348 g/mol. The van der Waals surface area contributed by atoms with Crippen LogP contribution in [-0.2, 0) is 12.8 Å². The molecule has 3 aromatic rings. The van der Waals surface area contributed by atoms with Gasteiger partial charge < -0.3 is 10.3 Å². The molecule has 0 radical (unpaired) electrons. The van der Waals surface area contributed by atoms with Gasteiger partial charge in [0.2, 0.25) is 5.95 Å². The molecule has 0 fully saturated rings. The number of rotatable bonds is 2. The van der Waals surface area contributed by atoms with Crippen LogP contribution in [-0.4, -0.2) is 20.3 Å². The van der Waals surface area contributed by atoms with Gasteiger partial charge in [0.15, 0.2) is 5.78 Å². The fourth-order valence-corrected chi connectivity index (χ4v) is 4.13. The third kappa shape index (κ3) is 2.59. The minimum atomic E-state index is -0.0224. The Hall–Kier alpha value is -2.69. The SMILES string of the molecule is CCc1nc(N)nc2cc(-n3cc(C)c4c3CC(C)(C)CC4=O)ccc12. The fraction of sp³-hybridized carbons (Fsp3) is 0.381. The second-order valence-corrected chi connectivity index (χ2v) is 8.03. The Balaban J connectivity index is 1.92. The number of benzene rings is 1. The van der Waals surface area contributed by atoms with Crippen LogP contribution in [0.4, 0.5) is 5.95 Å². The van der Waals surface area contributed by atoms with Gasteiger partial charge in [0.1, 0.15) is 0 Å². The van der Waals surface area contributed by atoms with Crippen LogP contribution in [0.5, 0.6) is 0 Å². The molecule has 0 spiro atoms. The molecule has 5 nitrogen and oxygen atoms in total. The Morgan fingerprint density at radius 2 is 2.00 bits per heavy atom. The van der Waals surface area contributed by atoms with E-state index in [9.17, 15) is 4.79 Å². The van der Waals surface area contributed by atoms with E-state index in [1.54, 1.807) is 0 Å². The molecule has 0 saturated carbocycles. The van der Waals surface area contributed by atoms with Gasteiger partial charge in [-0.15, -0.1) is 0 Å². The van der Waals surface area contributed by atoms with Gasteiger partial charge in [-0.25, -0.2) is 9.97 Å². The molecule has 2 heterocycles. The molecule has 5 heteroatoms. The number of aromatic nitrogens is 3. The molecule has 2 aromatic heterocycles. The third-order valence-electron chi connectivity index (χ3n) is 5.25. The number of aryl methyl sites for hydroxylation is 2. The Morgan fingerprint density at radius 1 is 1.23 bits per heavy atom. The Kier molecular flexibility index (Phi) is 3.65. The Bertz CT molecular complexity index is 1050. The molecule has 134 valence electrons. The van der Waals surface area contributed by atoms with Gasteiger partial charge in [-0.3, -0.25) is 4.79 Å². The molecule has 0 unspecified atom stereocenters. The standard InChI is InChI=1S/C21H24N4O/c1-5-15-14-7-6-13(8-16(14)24-20(22)23-15)25-11-12(2)19-17(25)9-21(3,4)10-18(19)26/h6-8,11H,5,9-10H2,1-4H3,(H2,22,23,24). The van der Waals surface area contributed by atoms with Crippen molar-refractivity contribution in [3.63, 3.8) is 0 Å². The Labute approximate surface area is 153 Å². The molecule has 0 amide bonds. The van der Waals surface area contributed by atoms with Gasteiger partial charge in [0.05, 0.1) is 11.2 Å². The van der Waals surface area contributed by atoms with Gasteiger partial charge in [0.25, 0.3) is 0 Å². The summed E-state index contributed by atoms with van der Waals surface area (Å²) in [6.07, 6.45) is 4.36. The summed E-state index contributed by atoms with van der Waals surface area (Å²) in [4.78, 5) is 21.4. The molecule has 1 aliphatic rings. The van der Waals surface area contributed by atoms with Crippen molar-refractivity contribution in [2.24, 2.45) is 5.41 Å². The zero-order valence-electron chi connectivity index (χ0n) is 15.8. The molecule has 26 heavy (non-hydrogen) atoms. The highest BCUT2D eigenvalue weighted by atomic mass is 16.1. The van der Waals surface area contributed by atoms with Crippen LogP contribution >= 0.6 is 0 Å². The van der Waals surface area contributed by atoms with Gasteiger partial charge in [0, 0.05) is 34.9 Å². The monoisotopic (exact) mass is 348 g/mol. The number of ketones is 1. The predicted molar refractivity (Wildman–Crippen MR) is 104 cm³/mol. The molecule has 0 bridgehead atoms. The third-order valence-corrected chi connectivity index (χ3v) is 5.25. The Morgan fingerprint density at radius 3 is 2.73 bits per heavy atom. The van der Waals surface area contributed by atoms with Crippen LogP contribution in [0.1, 0.15) is 54.5 Å². The summed E-state index contributed by atoms with van der Waals surface area (Å²) in [5, 5.41) is 1.03. The van der Waals surface area contributed by atoms with E-state index in [0.717, 1.165) is 51.9 Å². The summed E-state index contributed by atoms with van der Waals surface area (Å²) >= 11 is 0. The molecule has 2 N–H and O–H groups in total. The first-order valence-electron chi connectivity index (χ1n) is 9.09. The number of nitrogen functional groups attached to an aromatic ring is 1. The molecular formula is C21H24N4O. The van der Waals surface area contributed by atoms with Crippen molar-refractivity contribution in [2.75, 3.05) is 5.73 Å². The van der Waals surface area contributed by atoms with E-state index in [2.05, 4.69) is 53.6 Å². The second kappa shape index (κ2) is 5.66. The number of anilines is 1. The summed E-state index contributed by atoms with van der Waals surface area (Å²) in [6.45, 7) is 8.39. The van der Waals surface area contributed by atoms with Gasteiger partial charge in [-0.2, -0.15) is 0 Å². The van der Waals surface area contributed by atoms with Crippen LogP contribution in [0, 0.1) is 12.3 Å². The summed E-state index contributed by atoms with van der Waals surface area (Å²) in [6, 6.07) is 6.17. The number of carbonyl (C=O) groups excluding carboxylic acids is 1. The molecular weight excluding hydrogens is 324 g/mol. The number of nitrogens with two attached hydrogens (primary N) is 1. The van der Waals surface area contributed by atoms with E-state index in [1.165, 1.54) is 0 Å². The van der Waals surface area contributed by atoms with Crippen molar-refractivity contribution in [3.8, 4) is 5.69 Å². The number of carbonyl (C=O) groups is 1. The topological polar surface area (TPSA) is 73.8 Å². The number of nitrogens with zero attached hydrogens (tertiary/aromatic N) is 3. The average Bonchev–Trinajstić information content (AvgIpc) is 2.88. The maximum atomic E-state index is 12.7. The summed E-state index contributed by atoms with van der Waals surface area (Å²) in [7, 11) is 0. The minimum Gasteiger partial charge on any atom is -0.368 e. The van der Waals surface area contributed by atoms with E-state index >= 15 is 0 Å². The van der Waals surface area contributed by atoms with Crippen molar-refractivity contribution in [1.29, 1.82) is 0 Å². The normalized spacial score (nSPS) is 16.1. The minimum absolute atomic E-state index is 0.0224. The van der Waals surface area contributed by atoms with Gasteiger partial charge in [-0.05, 0) is 48.9 Å². The molecule has 4 rings (SSSR count). The maximum absolute atomic E-state index is 12.7. The molecule has 0 atom stereocenters. The van der Waals surface area contributed by atoms with Crippen molar-refractivity contribution < 1.29 is 4.79 Å². The highest BCUT2D eigenvalue weighted by molar-refractivity contribution is 6.00. The zero-order chi connectivity index (χ0) is 18.6. The van der Waals surface area contributed by atoms with Crippen LogP contribution < -0.4 is 5.73 Å². The van der Waals surface area contributed by atoms with Crippen molar-refractivity contribution in [3.05, 3.63) is 46.9 Å². The lowest BCUT2D eigenvalue weighted by atomic mass is 9.75. The smallest absolute Gasteiger partial charge is 0.220 e. The number of Topliss-reactive ketones (excluding diaryl/α,β-unsaturated/α-hetero) is 1. The lowest BCUT2D eigenvalue weighted by Gasteiger charge is -2.30. The fourth-order valence-electron chi connectivity index (χ4n) is 4.13. The maximum Gasteiger partial charge on any atom is 0.220 e. The molecule has 0 saturated heterocycles. The lowest BCUT2D eigenvalue weighted by Crippen LogP contribution is -2.28. The summed E-state index contributed by atoms with van der Waals surface area (Å²) < 4.78 is 2.15. The summed E-state index contributed by atoms with van der Waals surface area (Å²) in [5.74, 6) is 0.543. The zero-order valence-corrected chi connectivity index (χ0v) is 15.8. The van der Waals surface area contributed by atoms with Crippen LogP contribution in [0.25, 0.3) is 16.6 Å². The summed E-state index contributed by atoms with van der Waals surface area (Å²) in [5.41, 5.74) is 11.7. The molecule has 1 aliphatic carbocycles. The van der Waals surface area contributed by atoms with Gasteiger partial charge in [-0.1, -0.05) is 20.8 Å². The quantitative estimate of drug-likeness (QED) is 0.759. The van der Waals surface area contributed by atoms with Crippen molar-refractivity contribution in [1.82, 2.24) is 14.5 Å². The van der Waals surface area contributed by atoms with Crippen LogP contribution in [0.2, 0.25) is 0 Å². The van der Waals surface area contributed by atoms with E-state index in [4.69, 9.17) is 5.73 Å². The van der Waals surface area contributed by atoms with Crippen LogP contribution in [0.3, 0.4) is 0 Å². The van der Waals surface area contributed by atoms with E-state index < -0.39 is 0 Å². The number of hydrogen-bond acceptors (Lipinski definition) is 4. The van der Waals surface area contributed by atoms with E-state index in [-0.39, 0.29) is 11.2 Å². The highest BCUT2D eigenvalue weighted by Crippen LogP contribution is 2.38. The van der Waals surface area contributed by atoms with E-state index in [0.29, 0.717) is 12.4 Å². The van der Waals surface area contributed by atoms with E-state index in [1.807, 2.05) is 13.0 Å². The first-order chi connectivity index (χ1) is 12.3. The number of hydrogen-bond donors (Lipinski definition) is 1. The lowest BCUT2D eigenvalue weighted by molar-refractivity contribution is 0.0910. The number of fused-ring (bicyclic) bond motifs is 2. The highest BCUT2D eigenvalue weighted by Gasteiger charge is 2.34. The first-order valence-corrected chi connectivity index (χ1v) is 9.09. The second-order valence-electron chi connectivity index (χ2n) is 8.03. The first kappa shape index (κ1) is 16.8. The molecule has 1 aromatic carbocycles. The largest absolute Gasteiger partial charge is 0.368 e. The molecule has 0 aliphatic heterocycles. The van der Waals surface area contributed by atoms with Crippen molar-refractivity contribution >= 4 is 22.6 Å². The predicted octanol–water partition coefficient (Wildman–Crippen LogP) is 4.03. The van der Waals surface area contributed by atoms with Crippen molar-refractivity contribution in [2.45, 2.75) is 47.0 Å². The van der Waals surface area contributed by atoms with Crippen LogP contribution in [0.15, 0.2) is 24.4 Å². The van der Waals surface area contributed by atoms with Gasteiger partial charge >= 0.3 is 0 Å².